The summed E-state index contributed by atoms with van der Waals surface area (Å²) in [4.78, 5) is 4.82. The number of phenols is 1. The molecular weight excluding hydrogens is 212 g/mol. The number of hydrogen-bond donors (Lipinski definition) is 1. The molecule has 1 aromatic rings. The predicted molar refractivity (Wildman–Crippen MR) is 70.2 cm³/mol. The molecule has 0 aliphatic carbocycles. The zero-order valence-corrected chi connectivity index (χ0v) is 10.9. The molecular formula is C14H22N2O. The van der Waals surface area contributed by atoms with E-state index in [1.54, 1.807) is 12.1 Å². The van der Waals surface area contributed by atoms with E-state index in [0.717, 1.165) is 13.1 Å². The highest BCUT2D eigenvalue weighted by Gasteiger charge is 2.27. The molecule has 1 saturated heterocycles. The molecule has 0 amide bonds. The highest BCUT2D eigenvalue weighted by molar-refractivity contribution is 5.27. The van der Waals surface area contributed by atoms with Crippen molar-refractivity contribution in [3.63, 3.8) is 0 Å². The van der Waals surface area contributed by atoms with E-state index in [2.05, 4.69) is 30.8 Å². The van der Waals surface area contributed by atoms with Gasteiger partial charge in [-0.15, -0.1) is 0 Å². The molecule has 3 nitrogen and oxygen atoms in total. The van der Waals surface area contributed by atoms with E-state index in [0.29, 0.717) is 17.8 Å². The van der Waals surface area contributed by atoms with Gasteiger partial charge in [-0.2, -0.15) is 0 Å². The van der Waals surface area contributed by atoms with Gasteiger partial charge in [0.2, 0.25) is 0 Å². The lowest BCUT2D eigenvalue weighted by Crippen LogP contribution is -2.32. The van der Waals surface area contributed by atoms with Gasteiger partial charge in [-0.1, -0.05) is 12.1 Å². The molecule has 0 bridgehead atoms. The molecule has 17 heavy (non-hydrogen) atoms. The van der Waals surface area contributed by atoms with E-state index in [4.69, 9.17) is 0 Å². The molecule has 2 unspecified atom stereocenters. The molecule has 0 spiro atoms. The van der Waals surface area contributed by atoms with Crippen LogP contribution in [0, 0.1) is 0 Å². The first-order valence-electron chi connectivity index (χ1n) is 6.27. The van der Waals surface area contributed by atoms with Crippen LogP contribution in [0.1, 0.15) is 24.9 Å². The van der Waals surface area contributed by atoms with Gasteiger partial charge >= 0.3 is 0 Å². The van der Waals surface area contributed by atoms with Gasteiger partial charge in [0.1, 0.15) is 5.75 Å². The quantitative estimate of drug-likeness (QED) is 0.867. The topological polar surface area (TPSA) is 26.7 Å². The average molecular weight is 234 g/mol. The summed E-state index contributed by atoms with van der Waals surface area (Å²) in [5, 5.41) is 9.30. The van der Waals surface area contributed by atoms with Crippen molar-refractivity contribution in [1.82, 2.24) is 9.80 Å². The van der Waals surface area contributed by atoms with Crippen molar-refractivity contribution in [2.45, 2.75) is 25.4 Å². The van der Waals surface area contributed by atoms with Crippen LogP contribution in [0.25, 0.3) is 0 Å². The van der Waals surface area contributed by atoms with Crippen molar-refractivity contribution in [2.24, 2.45) is 0 Å². The fraction of sp³-hybridized carbons (Fsp3) is 0.571. The van der Waals surface area contributed by atoms with E-state index < -0.39 is 0 Å². The summed E-state index contributed by atoms with van der Waals surface area (Å²) >= 11 is 0. The Hall–Kier alpha value is -1.06. The molecule has 2 atom stereocenters. The van der Waals surface area contributed by atoms with Gasteiger partial charge in [-0.25, -0.2) is 0 Å². The van der Waals surface area contributed by atoms with E-state index in [-0.39, 0.29) is 0 Å². The van der Waals surface area contributed by atoms with Gasteiger partial charge < -0.3 is 10.0 Å². The largest absolute Gasteiger partial charge is 0.508 e. The monoisotopic (exact) mass is 234 g/mol. The molecule has 0 aromatic heterocycles. The summed E-state index contributed by atoms with van der Waals surface area (Å²) in [5.41, 5.74) is 1.28. The average Bonchev–Trinajstić information content (AvgIpc) is 2.78. The first-order chi connectivity index (χ1) is 8.08. The first kappa shape index (κ1) is 12.4. The van der Waals surface area contributed by atoms with Crippen LogP contribution in [0.5, 0.6) is 5.75 Å². The minimum Gasteiger partial charge on any atom is -0.508 e. The third kappa shape index (κ3) is 2.79. The maximum atomic E-state index is 9.30. The Balaban J connectivity index is 2.01. The van der Waals surface area contributed by atoms with Gasteiger partial charge in [-0.05, 0) is 45.1 Å². The highest BCUT2D eigenvalue weighted by atomic mass is 16.3. The first-order valence-corrected chi connectivity index (χ1v) is 6.27. The standard InChI is InChI=1S/C14H22N2O/c1-11(12-4-6-14(17)7-5-12)16-9-8-13(10-16)15(2)3/h4-7,11,13,17H,8-10H2,1-3H3. The zero-order chi connectivity index (χ0) is 12.4. The lowest BCUT2D eigenvalue weighted by atomic mass is 10.1. The molecule has 0 radical (unpaired) electrons. The van der Waals surface area contributed by atoms with Crippen LogP contribution < -0.4 is 0 Å². The molecule has 1 aromatic carbocycles. The zero-order valence-electron chi connectivity index (χ0n) is 10.9. The number of hydrogen-bond acceptors (Lipinski definition) is 3. The highest BCUT2D eigenvalue weighted by Crippen LogP contribution is 2.26. The van der Waals surface area contributed by atoms with Gasteiger partial charge in [0, 0.05) is 25.2 Å². The van der Waals surface area contributed by atoms with Gasteiger partial charge in [0.25, 0.3) is 0 Å². The van der Waals surface area contributed by atoms with Crippen molar-refractivity contribution >= 4 is 0 Å². The molecule has 1 heterocycles. The normalized spacial score (nSPS) is 23.2. The number of aromatic hydroxyl groups is 1. The Kier molecular flexibility index (Phi) is 3.69. The summed E-state index contributed by atoms with van der Waals surface area (Å²) in [5.74, 6) is 0.341. The predicted octanol–water partition coefficient (Wildman–Crippen LogP) is 2.09. The molecule has 94 valence electrons. The number of likely N-dealkylation sites (tertiary alicyclic amines) is 1. The Morgan fingerprint density at radius 3 is 2.47 bits per heavy atom. The molecule has 2 rings (SSSR count). The smallest absolute Gasteiger partial charge is 0.115 e. The van der Waals surface area contributed by atoms with Crippen molar-refractivity contribution < 1.29 is 5.11 Å². The summed E-state index contributed by atoms with van der Waals surface area (Å²) in [6.07, 6.45) is 1.25. The second kappa shape index (κ2) is 5.07. The molecule has 3 heteroatoms. The third-order valence-electron chi connectivity index (χ3n) is 3.85. The molecule has 1 aliphatic rings. The van der Waals surface area contributed by atoms with Crippen molar-refractivity contribution in [3.8, 4) is 5.75 Å². The van der Waals surface area contributed by atoms with E-state index >= 15 is 0 Å². The van der Waals surface area contributed by atoms with Crippen LogP contribution in [0.15, 0.2) is 24.3 Å². The summed E-state index contributed by atoms with van der Waals surface area (Å²) in [6, 6.07) is 8.68. The lowest BCUT2D eigenvalue weighted by molar-refractivity contribution is 0.228. The van der Waals surface area contributed by atoms with Crippen molar-refractivity contribution in [3.05, 3.63) is 29.8 Å². The second-order valence-electron chi connectivity index (χ2n) is 5.17. The fourth-order valence-corrected chi connectivity index (χ4v) is 2.51. The molecule has 1 N–H and O–H groups in total. The molecule has 0 saturated carbocycles. The summed E-state index contributed by atoms with van der Waals surface area (Å²) in [7, 11) is 4.30. The van der Waals surface area contributed by atoms with Gasteiger partial charge in [-0.3, -0.25) is 4.90 Å². The van der Waals surface area contributed by atoms with Crippen LogP contribution in [0.4, 0.5) is 0 Å². The number of likely N-dealkylation sites (N-methyl/N-ethyl adjacent to an activating group) is 1. The van der Waals surface area contributed by atoms with E-state index in [1.807, 2.05) is 12.1 Å². The van der Waals surface area contributed by atoms with Crippen LogP contribution >= 0.6 is 0 Å². The number of nitrogens with zero attached hydrogens (tertiary/aromatic N) is 2. The Bertz CT molecular complexity index is 361. The molecule has 1 aliphatic heterocycles. The van der Waals surface area contributed by atoms with Crippen molar-refractivity contribution in [2.75, 3.05) is 27.2 Å². The number of benzene rings is 1. The Labute approximate surface area is 104 Å². The third-order valence-corrected chi connectivity index (χ3v) is 3.85. The summed E-state index contributed by atoms with van der Waals surface area (Å²) in [6.45, 7) is 4.53. The van der Waals surface area contributed by atoms with E-state index in [1.165, 1.54) is 12.0 Å². The van der Waals surface area contributed by atoms with Crippen LogP contribution in [0.2, 0.25) is 0 Å². The summed E-state index contributed by atoms with van der Waals surface area (Å²) < 4.78 is 0. The van der Waals surface area contributed by atoms with Crippen LogP contribution in [-0.4, -0.2) is 48.1 Å². The maximum absolute atomic E-state index is 9.30. The minimum absolute atomic E-state index is 0.341. The van der Waals surface area contributed by atoms with Crippen LogP contribution in [0.3, 0.4) is 0 Å². The second-order valence-corrected chi connectivity index (χ2v) is 5.17. The van der Waals surface area contributed by atoms with Crippen LogP contribution in [-0.2, 0) is 0 Å². The number of rotatable bonds is 3. The van der Waals surface area contributed by atoms with Gasteiger partial charge in [0.15, 0.2) is 0 Å². The van der Waals surface area contributed by atoms with Gasteiger partial charge in [0.05, 0.1) is 0 Å². The molecule has 1 fully saturated rings. The lowest BCUT2D eigenvalue weighted by Gasteiger charge is -2.26. The Morgan fingerprint density at radius 1 is 1.29 bits per heavy atom. The SMILES string of the molecule is CC(c1ccc(O)cc1)N1CCC(N(C)C)C1. The fourth-order valence-electron chi connectivity index (χ4n) is 2.51. The Morgan fingerprint density at radius 2 is 1.94 bits per heavy atom. The minimum atomic E-state index is 0.341. The van der Waals surface area contributed by atoms with E-state index in [9.17, 15) is 5.11 Å². The maximum Gasteiger partial charge on any atom is 0.115 e. The number of phenolic OH excluding ortho intramolecular Hbond substituents is 1. The van der Waals surface area contributed by atoms with Crippen molar-refractivity contribution in [1.29, 1.82) is 0 Å².